The SMILES string of the molecule is CN(C)S(=O)(=O)c1ccc2c(c1)CCCN2C(=O)CSc1cccc[n+]1[O-]. The van der Waals surface area contributed by atoms with Crippen LogP contribution in [0.15, 0.2) is 52.5 Å². The second-order valence-electron chi connectivity index (χ2n) is 6.38. The van der Waals surface area contributed by atoms with Gasteiger partial charge in [-0.25, -0.2) is 12.7 Å². The highest BCUT2D eigenvalue weighted by Crippen LogP contribution is 2.31. The Labute approximate surface area is 163 Å². The van der Waals surface area contributed by atoms with Crippen molar-refractivity contribution in [1.29, 1.82) is 0 Å². The van der Waals surface area contributed by atoms with Gasteiger partial charge in [0.1, 0.15) is 0 Å². The summed E-state index contributed by atoms with van der Waals surface area (Å²) in [6.45, 7) is 0.582. The van der Waals surface area contributed by atoms with Crippen LogP contribution in [0.4, 0.5) is 5.69 Å². The van der Waals surface area contributed by atoms with Crippen LogP contribution >= 0.6 is 11.8 Å². The van der Waals surface area contributed by atoms with E-state index in [2.05, 4.69) is 0 Å². The summed E-state index contributed by atoms with van der Waals surface area (Å²) < 4.78 is 26.6. The summed E-state index contributed by atoms with van der Waals surface area (Å²) in [7, 11) is -0.523. The van der Waals surface area contributed by atoms with Gasteiger partial charge in [-0.15, -0.1) is 0 Å². The van der Waals surface area contributed by atoms with Crippen molar-refractivity contribution < 1.29 is 17.9 Å². The van der Waals surface area contributed by atoms with Crippen molar-refractivity contribution in [2.75, 3.05) is 31.3 Å². The third kappa shape index (κ3) is 4.10. The van der Waals surface area contributed by atoms with Gasteiger partial charge in [0.15, 0.2) is 6.20 Å². The first-order valence-electron chi connectivity index (χ1n) is 8.47. The van der Waals surface area contributed by atoms with E-state index in [1.54, 1.807) is 35.2 Å². The number of benzene rings is 1. The molecule has 3 rings (SSSR count). The number of sulfonamides is 1. The zero-order valence-electron chi connectivity index (χ0n) is 15.2. The molecule has 144 valence electrons. The van der Waals surface area contributed by atoms with Gasteiger partial charge in [-0.05, 0) is 54.4 Å². The number of amides is 1. The highest BCUT2D eigenvalue weighted by molar-refractivity contribution is 7.99. The fraction of sp³-hybridized carbons (Fsp3) is 0.333. The normalized spacial score (nSPS) is 14.3. The molecule has 9 heteroatoms. The standard InChI is InChI=1S/C18H21N3O4S2/c1-19(2)27(24,25)15-8-9-16-14(12-15)6-5-10-20(16)17(22)13-26-18-7-3-4-11-21(18)23/h3-4,7-9,11-12H,5-6,10,13H2,1-2H3. The van der Waals surface area contributed by atoms with Crippen LogP contribution in [0.25, 0.3) is 0 Å². The van der Waals surface area contributed by atoms with Crippen molar-refractivity contribution in [1.82, 2.24) is 4.31 Å². The van der Waals surface area contributed by atoms with Gasteiger partial charge >= 0.3 is 0 Å². The molecule has 0 saturated carbocycles. The predicted molar refractivity (Wildman–Crippen MR) is 104 cm³/mol. The zero-order valence-corrected chi connectivity index (χ0v) is 16.8. The molecule has 0 saturated heterocycles. The second-order valence-corrected chi connectivity index (χ2v) is 9.53. The molecule has 1 amide bonds. The number of pyridine rings is 1. The summed E-state index contributed by atoms with van der Waals surface area (Å²) in [5.41, 5.74) is 1.59. The molecule has 0 N–H and O–H groups in total. The van der Waals surface area contributed by atoms with Crippen LogP contribution in [0.2, 0.25) is 0 Å². The van der Waals surface area contributed by atoms with E-state index >= 15 is 0 Å². The number of carbonyl (C=O) groups is 1. The quantitative estimate of drug-likeness (QED) is 0.427. The summed E-state index contributed by atoms with van der Waals surface area (Å²) in [6.07, 6.45) is 2.89. The molecule has 1 aromatic heterocycles. The molecule has 0 aliphatic carbocycles. The molecule has 0 unspecified atom stereocenters. The molecule has 0 bridgehead atoms. The van der Waals surface area contributed by atoms with Crippen LogP contribution in [0.1, 0.15) is 12.0 Å². The zero-order chi connectivity index (χ0) is 19.6. The lowest BCUT2D eigenvalue weighted by atomic mass is 10.0. The van der Waals surface area contributed by atoms with Gasteiger partial charge in [-0.3, -0.25) is 4.79 Å². The number of hydrogen-bond acceptors (Lipinski definition) is 5. The maximum atomic E-state index is 12.7. The van der Waals surface area contributed by atoms with E-state index in [1.165, 1.54) is 42.4 Å². The Bertz CT molecular complexity index is 961. The monoisotopic (exact) mass is 407 g/mol. The first kappa shape index (κ1) is 19.7. The summed E-state index contributed by atoms with van der Waals surface area (Å²) in [4.78, 5) is 14.6. The third-order valence-electron chi connectivity index (χ3n) is 4.38. The van der Waals surface area contributed by atoms with Crippen molar-refractivity contribution in [2.24, 2.45) is 0 Å². The highest BCUT2D eigenvalue weighted by Gasteiger charge is 2.26. The minimum absolute atomic E-state index is 0.104. The first-order valence-corrected chi connectivity index (χ1v) is 10.9. The van der Waals surface area contributed by atoms with E-state index in [4.69, 9.17) is 0 Å². The number of fused-ring (bicyclic) bond motifs is 1. The van der Waals surface area contributed by atoms with Crippen LogP contribution in [0, 0.1) is 5.21 Å². The van der Waals surface area contributed by atoms with Crippen molar-refractivity contribution in [3.05, 3.63) is 53.4 Å². The smallest absolute Gasteiger partial charge is 0.251 e. The predicted octanol–water partition coefficient (Wildman–Crippen LogP) is 1.64. The maximum Gasteiger partial charge on any atom is 0.251 e. The van der Waals surface area contributed by atoms with Gasteiger partial charge in [0, 0.05) is 38.5 Å². The molecule has 0 atom stereocenters. The summed E-state index contributed by atoms with van der Waals surface area (Å²) in [6, 6.07) is 9.95. The van der Waals surface area contributed by atoms with E-state index in [-0.39, 0.29) is 16.6 Å². The molecule has 2 aromatic rings. The largest absolute Gasteiger partial charge is 0.618 e. The minimum atomic E-state index is -3.51. The average molecular weight is 408 g/mol. The Morgan fingerprint density at radius 3 is 2.78 bits per heavy atom. The van der Waals surface area contributed by atoms with E-state index < -0.39 is 10.0 Å². The van der Waals surface area contributed by atoms with Crippen LogP contribution in [-0.4, -0.2) is 45.0 Å². The Hall–Kier alpha value is -2.10. The average Bonchev–Trinajstić information content (AvgIpc) is 2.66. The fourth-order valence-electron chi connectivity index (χ4n) is 2.94. The fourth-order valence-corrected chi connectivity index (χ4v) is 4.68. The number of nitrogens with zero attached hydrogens (tertiary/aromatic N) is 3. The highest BCUT2D eigenvalue weighted by atomic mass is 32.2. The molecule has 7 nitrogen and oxygen atoms in total. The molecule has 1 aliphatic rings. The molecule has 2 heterocycles. The molecular formula is C18H21N3O4S2. The lowest BCUT2D eigenvalue weighted by molar-refractivity contribution is -0.645. The Morgan fingerprint density at radius 2 is 2.07 bits per heavy atom. The number of hydrogen-bond donors (Lipinski definition) is 0. The van der Waals surface area contributed by atoms with E-state index in [1.807, 2.05) is 0 Å². The lowest BCUT2D eigenvalue weighted by Crippen LogP contribution is -2.37. The number of rotatable bonds is 5. The second kappa shape index (κ2) is 7.87. The van der Waals surface area contributed by atoms with E-state index in [9.17, 15) is 18.4 Å². The molecule has 0 fully saturated rings. The molecule has 0 spiro atoms. The third-order valence-corrected chi connectivity index (χ3v) is 7.20. The summed E-state index contributed by atoms with van der Waals surface area (Å²) in [5, 5.41) is 12.2. The van der Waals surface area contributed by atoms with Crippen LogP contribution in [0.3, 0.4) is 0 Å². The molecule has 1 aromatic carbocycles. The van der Waals surface area contributed by atoms with Gasteiger partial charge in [-0.1, -0.05) is 0 Å². The van der Waals surface area contributed by atoms with Crippen molar-refractivity contribution in [3.8, 4) is 0 Å². The summed E-state index contributed by atoms with van der Waals surface area (Å²) in [5.74, 6) is 0.0386. The van der Waals surface area contributed by atoms with Crippen molar-refractivity contribution in [2.45, 2.75) is 22.8 Å². The number of aromatic nitrogens is 1. The van der Waals surface area contributed by atoms with Crippen LogP contribution < -0.4 is 9.63 Å². The molecule has 1 aliphatic heterocycles. The van der Waals surface area contributed by atoms with E-state index in [0.717, 1.165) is 28.8 Å². The maximum absolute atomic E-state index is 12.7. The number of aryl methyl sites for hydroxylation is 1. The van der Waals surface area contributed by atoms with E-state index in [0.29, 0.717) is 11.6 Å². The van der Waals surface area contributed by atoms with Gasteiger partial charge in [0.05, 0.1) is 10.6 Å². The van der Waals surface area contributed by atoms with Crippen LogP contribution in [0.5, 0.6) is 0 Å². The molecular weight excluding hydrogens is 386 g/mol. The number of carbonyl (C=O) groups excluding carboxylic acids is 1. The van der Waals surface area contributed by atoms with Gasteiger partial charge in [-0.2, -0.15) is 4.73 Å². The molecule has 0 radical (unpaired) electrons. The number of thioether (sulfide) groups is 1. The Kier molecular flexibility index (Phi) is 5.73. The Morgan fingerprint density at radius 1 is 1.30 bits per heavy atom. The lowest BCUT2D eigenvalue weighted by Gasteiger charge is -2.30. The Balaban J connectivity index is 1.80. The van der Waals surface area contributed by atoms with Gasteiger partial charge < -0.3 is 10.1 Å². The molecule has 27 heavy (non-hydrogen) atoms. The summed E-state index contributed by atoms with van der Waals surface area (Å²) >= 11 is 1.19. The van der Waals surface area contributed by atoms with Crippen molar-refractivity contribution >= 4 is 33.4 Å². The topological polar surface area (TPSA) is 84.6 Å². The van der Waals surface area contributed by atoms with Gasteiger partial charge in [0.2, 0.25) is 15.9 Å². The first-order chi connectivity index (χ1) is 12.8. The van der Waals surface area contributed by atoms with Crippen LogP contribution in [-0.2, 0) is 21.2 Å². The van der Waals surface area contributed by atoms with Crippen molar-refractivity contribution in [3.63, 3.8) is 0 Å². The van der Waals surface area contributed by atoms with Gasteiger partial charge in [0.25, 0.3) is 5.03 Å². The number of anilines is 1. The minimum Gasteiger partial charge on any atom is -0.618 e.